The van der Waals surface area contributed by atoms with Crippen LogP contribution < -0.4 is 11.1 Å². The van der Waals surface area contributed by atoms with E-state index in [0.717, 1.165) is 39.0 Å². The molecule has 112 valence electrons. The van der Waals surface area contributed by atoms with Gasteiger partial charge in [-0.15, -0.1) is 0 Å². The Morgan fingerprint density at radius 2 is 2.00 bits per heavy atom. The lowest BCUT2D eigenvalue weighted by Crippen LogP contribution is -2.53. The molecule has 5 heteroatoms. The molecule has 3 atom stereocenters. The van der Waals surface area contributed by atoms with E-state index < -0.39 is 5.54 Å². The van der Waals surface area contributed by atoms with Crippen LogP contribution in [0.1, 0.15) is 40.5 Å². The molecule has 1 heterocycles. The molecule has 0 spiro atoms. The van der Waals surface area contributed by atoms with E-state index >= 15 is 0 Å². The Morgan fingerprint density at radius 1 is 1.42 bits per heavy atom. The SMILES string of the molecule is CCNC(C)(CCCN1C[C@@H](C)O[C@@H](C)C1)C(N)=O. The summed E-state index contributed by atoms with van der Waals surface area (Å²) in [5.41, 5.74) is 4.90. The molecule has 1 rings (SSSR count). The molecule has 1 unspecified atom stereocenters. The van der Waals surface area contributed by atoms with Gasteiger partial charge in [-0.25, -0.2) is 0 Å². The number of primary amides is 1. The Labute approximate surface area is 116 Å². The van der Waals surface area contributed by atoms with Crippen LogP contribution >= 0.6 is 0 Å². The molecule has 0 aromatic carbocycles. The Bertz CT molecular complexity index is 288. The highest BCUT2D eigenvalue weighted by Crippen LogP contribution is 2.15. The topological polar surface area (TPSA) is 67.6 Å². The lowest BCUT2D eigenvalue weighted by atomic mass is 9.94. The van der Waals surface area contributed by atoms with Gasteiger partial charge in [-0.3, -0.25) is 9.69 Å². The highest BCUT2D eigenvalue weighted by molar-refractivity contribution is 5.84. The van der Waals surface area contributed by atoms with Crippen LogP contribution in [0.2, 0.25) is 0 Å². The van der Waals surface area contributed by atoms with Crippen molar-refractivity contribution in [3.63, 3.8) is 0 Å². The zero-order valence-corrected chi connectivity index (χ0v) is 12.7. The summed E-state index contributed by atoms with van der Waals surface area (Å²) < 4.78 is 5.71. The molecule has 0 bridgehead atoms. The van der Waals surface area contributed by atoms with Gasteiger partial charge in [0.25, 0.3) is 0 Å². The van der Waals surface area contributed by atoms with Crippen LogP contribution in [0.15, 0.2) is 0 Å². The summed E-state index contributed by atoms with van der Waals surface area (Å²) in [7, 11) is 0. The molecule has 0 radical (unpaired) electrons. The van der Waals surface area contributed by atoms with Crippen molar-refractivity contribution >= 4 is 5.91 Å². The van der Waals surface area contributed by atoms with Crippen molar-refractivity contribution in [1.82, 2.24) is 10.2 Å². The minimum Gasteiger partial charge on any atom is -0.373 e. The minimum absolute atomic E-state index is 0.266. The van der Waals surface area contributed by atoms with E-state index in [0.29, 0.717) is 12.2 Å². The number of amides is 1. The molecule has 0 saturated carbocycles. The average molecular weight is 271 g/mol. The smallest absolute Gasteiger partial charge is 0.237 e. The highest BCUT2D eigenvalue weighted by Gasteiger charge is 2.30. The number of morpholine rings is 1. The third kappa shape index (κ3) is 5.09. The molecular formula is C14H29N3O2. The average Bonchev–Trinajstić information content (AvgIpc) is 2.27. The number of nitrogens with two attached hydrogens (primary N) is 1. The van der Waals surface area contributed by atoms with Crippen molar-refractivity contribution < 1.29 is 9.53 Å². The van der Waals surface area contributed by atoms with Gasteiger partial charge >= 0.3 is 0 Å². The summed E-state index contributed by atoms with van der Waals surface area (Å²) in [6.07, 6.45) is 2.32. The number of nitrogens with zero attached hydrogens (tertiary/aromatic N) is 1. The number of carbonyl (C=O) groups is 1. The van der Waals surface area contributed by atoms with E-state index in [2.05, 4.69) is 24.1 Å². The standard InChI is InChI=1S/C14H29N3O2/c1-5-16-14(4,13(15)18)7-6-8-17-9-11(2)19-12(3)10-17/h11-12,16H,5-10H2,1-4H3,(H2,15,18)/t11-,12+,14?. The van der Waals surface area contributed by atoms with E-state index in [9.17, 15) is 4.79 Å². The largest absolute Gasteiger partial charge is 0.373 e. The van der Waals surface area contributed by atoms with Gasteiger partial charge in [-0.2, -0.15) is 0 Å². The summed E-state index contributed by atoms with van der Waals surface area (Å²) >= 11 is 0. The fraction of sp³-hybridized carbons (Fsp3) is 0.929. The van der Waals surface area contributed by atoms with Crippen molar-refractivity contribution in [2.75, 3.05) is 26.2 Å². The molecule has 3 N–H and O–H groups in total. The molecule has 0 aromatic heterocycles. The first kappa shape index (κ1) is 16.4. The number of nitrogens with one attached hydrogen (secondary N) is 1. The molecular weight excluding hydrogens is 242 g/mol. The van der Waals surface area contributed by atoms with Gasteiger partial charge < -0.3 is 15.8 Å². The molecule has 0 aliphatic carbocycles. The minimum atomic E-state index is -0.585. The predicted molar refractivity (Wildman–Crippen MR) is 77.0 cm³/mol. The summed E-state index contributed by atoms with van der Waals surface area (Å²) in [5.74, 6) is -0.266. The number of rotatable bonds is 7. The van der Waals surface area contributed by atoms with Crippen LogP contribution in [-0.2, 0) is 9.53 Å². The molecule has 5 nitrogen and oxygen atoms in total. The Hall–Kier alpha value is -0.650. The summed E-state index contributed by atoms with van der Waals surface area (Å²) in [6, 6.07) is 0. The van der Waals surface area contributed by atoms with Crippen molar-refractivity contribution in [3.05, 3.63) is 0 Å². The van der Waals surface area contributed by atoms with Gasteiger partial charge in [0.05, 0.1) is 17.7 Å². The Balaban J connectivity index is 2.37. The first-order valence-corrected chi connectivity index (χ1v) is 7.30. The van der Waals surface area contributed by atoms with Crippen molar-refractivity contribution in [3.8, 4) is 0 Å². The maximum absolute atomic E-state index is 11.5. The molecule has 1 saturated heterocycles. The van der Waals surface area contributed by atoms with Gasteiger partial charge in [0.1, 0.15) is 0 Å². The number of carbonyl (C=O) groups excluding carboxylic acids is 1. The predicted octanol–water partition coefficient (Wildman–Crippen LogP) is 0.729. The normalized spacial score (nSPS) is 28.0. The van der Waals surface area contributed by atoms with E-state index in [1.807, 2.05) is 13.8 Å². The third-order valence-electron chi connectivity index (χ3n) is 3.76. The van der Waals surface area contributed by atoms with Crippen molar-refractivity contribution in [2.24, 2.45) is 5.73 Å². The molecule has 0 aromatic rings. The van der Waals surface area contributed by atoms with Crippen LogP contribution in [0.3, 0.4) is 0 Å². The molecule has 1 aliphatic heterocycles. The van der Waals surface area contributed by atoms with Crippen LogP contribution in [-0.4, -0.2) is 54.7 Å². The quantitative estimate of drug-likeness (QED) is 0.716. The number of ether oxygens (including phenoxy) is 1. The summed E-state index contributed by atoms with van der Waals surface area (Å²) in [6.45, 7) is 11.8. The first-order chi connectivity index (χ1) is 8.87. The lowest BCUT2D eigenvalue weighted by molar-refractivity contribution is -0.124. The first-order valence-electron chi connectivity index (χ1n) is 7.30. The Kier molecular flexibility index (Phi) is 6.23. The monoisotopic (exact) mass is 271 g/mol. The van der Waals surface area contributed by atoms with E-state index in [1.54, 1.807) is 0 Å². The summed E-state index contributed by atoms with van der Waals surface area (Å²) in [4.78, 5) is 13.9. The fourth-order valence-electron chi connectivity index (χ4n) is 2.81. The van der Waals surface area contributed by atoms with Gasteiger partial charge in [0, 0.05) is 13.1 Å². The van der Waals surface area contributed by atoms with Gasteiger partial charge in [-0.05, 0) is 46.7 Å². The van der Waals surface area contributed by atoms with Crippen LogP contribution in [0.5, 0.6) is 0 Å². The molecule has 1 aliphatic rings. The second-order valence-electron chi connectivity index (χ2n) is 5.85. The van der Waals surface area contributed by atoms with Crippen molar-refractivity contribution in [2.45, 2.75) is 58.3 Å². The van der Waals surface area contributed by atoms with E-state index in [4.69, 9.17) is 10.5 Å². The van der Waals surface area contributed by atoms with Crippen LogP contribution in [0.25, 0.3) is 0 Å². The van der Waals surface area contributed by atoms with Crippen LogP contribution in [0, 0.1) is 0 Å². The van der Waals surface area contributed by atoms with E-state index in [-0.39, 0.29) is 5.91 Å². The second kappa shape index (κ2) is 7.22. The second-order valence-corrected chi connectivity index (χ2v) is 5.85. The van der Waals surface area contributed by atoms with Gasteiger partial charge in [-0.1, -0.05) is 6.92 Å². The molecule has 1 fully saturated rings. The zero-order valence-electron chi connectivity index (χ0n) is 12.7. The maximum atomic E-state index is 11.5. The van der Waals surface area contributed by atoms with Crippen molar-refractivity contribution in [1.29, 1.82) is 0 Å². The third-order valence-corrected chi connectivity index (χ3v) is 3.76. The lowest BCUT2D eigenvalue weighted by Gasteiger charge is -2.36. The van der Waals surface area contributed by atoms with Gasteiger partial charge in [0.2, 0.25) is 5.91 Å². The van der Waals surface area contributed by atoms with E-state index in [1.165, 1.54) is 0 Å². The number of likely N-dealkylation sites (N-methyl/N-ethyl adjacent to an activating group) is 1. The van der Waals surface area contributed by atoms with Crippen LogP contribution in [0.4, 0.5) is 0 Å². The number of hydrogen-bond acceptors (Lipinski definition) is 4. The molecule has 19 heavy (non-hydrogen) atoms. The highest BCUT2D eigenvalue weighted by atomic mass is 16.5. The Morgan fingerprint density at radius 3 is 2.47 bits per heavy atom. The zero-order chi connectivity index (χ0) is 14.5. The van der Waals surface area contributed by atoms with Gasteiger partial charge in [0.15, 0.2) is 0 Å². The molecule has 1 amide bonds. The number of hydrogen-bond donors (Lipinski definition) is 2. The maximum Gasteiger partial charge on any atom is 0.237 e. The summed E-state index contributed by atoms with van der Waals surface area (Å²) in [5, 5.41) is 3.20. The fourth-order valence-corrected chi connectivity index (χ4v) is 2.81.